The molecule has 0 saturated heterocycles. The summed E-state index contributed by atoms with van der Waals surface area (Å²) in [4.78, 5) is 0. The van der Waals surface area contributed by atoms with Crippen LogP contribution < -0.4 is 11.3 Å². The molecular formula is C14H15FN2O. The zero-order valence-electron chi connectivity index (χ0n) is 10.4. The number of nitrogens with one attached hydrogen (secondary N) is 1. The minimum Gasteiger partial charge on any atom is -0.459 e. The van der Waals surface area contributed by atoms with Gasteiger partial charge in [-0.2, -0.15) is 0 Å². The fourth-order valence-electron chi connectivity index (χ4n) is 1.98. The molecule has 0 saturated carbocycles. The second-order valence-corrected chi connectivity index (χ2v) is 4.08. The summed E-state index contributed by atoms with van der Waals surface area (Å²) in [5.74, 6) is 11.7. The summed E-state index contributed by atoms with van der Waals surface area (Å²) >= 11 is 0. The van der Waals surface area contributed by atoms with Crippen molar-refractivity contribution in [1.29, 1.82) is 0 Å². The van der Waals surface area contributed by atoms with Crippen molar-refractivity contribution in [2.45, 2.75) is 26.3 Å². The van der Waals surface area contributed by atoms with Crippen LogP contribution in [0.2, 0.25) is 0 Å². The second kappa shape index (κ2) is 5.21. The number of aryl methyl sites for hydroxylation is 1. The standard InChI is InChI=1S/C14H15FN2O/c1-3-4-5-12(17-16)14-9(2)11-8-10(15)6-7-13(11)18-14/h6-8,12,17H,5,16H2,1-2H3. The van der Waals surface area contributed by atoms with Gasteiger partial charge in [0.2, 0.25) is 0 Å². The highest BCUT2D eigenvalue weighted by molar-refractivity contribution is 5.82. The zero-order chi connectivity index (χ0) is 13.1. The van der Waals surface area contributed by atoms with Gasteiger partial charge in [0.25, 0.3) is 0 Å². The Labute approximate surface area is 105 Å². The lowest BCUT2D eigenvalue weighted by Gasteiger charge is -2.10. The Balaban J connectivity index is 2.49. The second-order valence-electron chi connectivity index (χ2n) is 4.08. The SMILES string of the molecule is CC#CCC(NN)c1oc2ccc(F)cc2c1C. The van der Waals surface area contributed by atoms with E-state index >= 15 is 0 Å². The molecule has 0 aliphatic carbocycles. The van der Waals surface area contributed by atoms with Crippen LogP contribution in [0.3, 0.4) is 0 Å². The quantitative estimate of drug-likeness (QED) is 0.497. The highest BCUT2D eigenvalue weighted by Gasteiger charge is 2.18. The van der Waals surface area contributed by atoms with E-state index in [-0.39, 0.29) is 11.9 Å². The van der Waals surface area contributed by atoms with E-state index in [1.807, 2.05) is 6.92 Å². The van der Waals surface area contributed by atoms with Crippen LogP contribution in [-0.4, -0.2) is 0 Å². The molecule has 0 aliphatic rings. The first-order valence-corrected chi connectivity index (χ1v) is 5.71. The third-order valence-corrected chi connectivity index (χ3v) is 2.94. The average Bonchev–Trinajstić information content (AvgIpc) is 2.68. The van der Waals surface area contributed by atoms with Crippen LogP contribution in [0.15, 0.2) is 22.6 Å². The van der Waals surface area contributed by atoms with E-state index in [1.54, 1.807) is 13.0 Å². The van der Waals surface area contributed by atoms with Crippen LogP contribution in [0.4, 0.5) is 4.39 Å². The zero-order valence-corrected chi connectivity index (χ0v) is 10.4. The van der Waals surface area contributed by atoms with Crippen molar-refractivity contribution < 1.29 is 8.81 Å². The van der Waals surface area contributed by atoms with Crippen molar-refractivity contribution in [2.24, 2.45) is 5.84 Å². The summed E-state index contributed by atoms with van der Waals surface area (Å²) in [6, 6.07) is 4.29. The number of hydrazine groups is 1. The molecule has 0 radical (unpaired) electrons. The van der Waals surface area contributed by atoms with Gasteiger partial charge in [-0.25, -0.2) is 9.82 Å². The van der Waals surface area contributed by atoms with Crippen LogP contribution in [0, 0.1) is 24.6 Å². The van der Waals surface area contributed by atoms with Gasteiger partial charge in [0.05, 0.1) is 6.04 Å². The normalized spacial score (nSPS) is 12.2. The van der Waals surface area contributed by atoms with Gasteiger partial charge >= 0.3 is 0 Å². The van der Waals surface area contributed by atoms with Gasteiger partial charge in [0.15, 0.2) is 0 Å². The molecule has 1 aromatic heterocycles. The summed E-state index contributed by atoms with van der Waals surface area (Å²) in [6.45, 7) is 3.67. The summed E-state index contributed by atoms with van der Waals surface area (Å²) in [5.41, 5.74) is 4.23. The van der Waals surface area contributed by atoms with Gasteiger partial charge < -0.3 is 4.42 Å². The highest BCUT2D eigenvalue weighted by Crippen LogP contribution is 2.30. The molecule has 0 amide bonds. The van der Waals surface area contributed by atoms with Gasteiger partial charge in [0, 0.05) is 17.4 Å². The first-order chi connectivity index (χ1) is 8.67. The van der Waals surface area contributed by atoms with Crippen LogP contribution >= 0.6 is 0 Å². The van der Waals surface area contributed by atoms with E-state index in [1.165, 1.54) is 12.1 Å². The van der Waals surface area contributed by atoms with Crippen molar-refractivity contribution in [1.82, 2.24) is 5.43 Å². The largest absolute Gasteiger partial charge is 0.459 e. The minimum absolute atomic E-state index is 0.187. The Kier molecular flexibility index (Phi) is 3.66. The number of hydrogen-bond donors (Lipinski definition) is 2. The number of hydrogen-bond acceptors (Lipinski definition) is 3. The fraction of sp³-hybridized carbons (Fsp3) is 0.286. The topological polar surface area (TPSA) is 51.2 Å². The van der Waals surface area contributed by atoms with Gasteiger partial charge in [-0.1, -0.05) is 0 Å². The van der Waals surface area contributed by atoms with Crippen molar-refractivity contribution in [2.75, 3.05) is 0 Å². The highest BCUT2D eigenvalue weighted by atomic mass is 19.1. The first-order valence-electron chi connectivity index (χ1n) is 5.71. The summed E-state index contributed by atoms with van der Waals surface area (Å²) in [6.07, 6.45) is 0.552. The number of nitrogens with two attached hydrogens (primary N) is 1. The molecule has 1 aromatic carbocycles. The monoisotopic (exact) mass is 246 g/mol. The number of fused-ring (bicyclic) bond motifs is 1. The van der Waals surface area contributed by atoms with E-state index in [0.717, 1.165) is 10.9 Å². The van der Waals surface area contributed by atoms with Crippen molar-refractivity contribution in [3.63, 3.8) is 0 Å². The van der Waals surface area contributed by atoms with E-state index in [9.17, 15) is 4.39 Å². The summed E-state index contributed by atoms with van der Waals surface area (Å²) in [7, 11) is 0. The average molecular weight is 246 g/mol. The smallest absolute Gasteiger partial charge is 0.134 e. The van der Waals surface area contributed by atoms with E-state index in [0.29, 0.717) is 17.8 Å². The molecule has 0 spiro atoms. The molecule has 3 nitrogen and oxygen atoms in total. The van der Waals surface area contributed by atoms with Crippen molar-refractivity contribution in [3.8, 4) is 11.8 Å². The number of furan rings is 1. The number of benzene rings is 1. The third-order valence-electron chi connectivity index (χ3n) is 2.94. The Morgan fingerprint density at radius 3 is 2.94 bits per heavy atom. The Bertz CT molecular complexity index is 622. The number of rotatable bonds is 3. The molecule has 4 heteroatoms. The van der Waals surface area contributed by atoms with Gasteiger partial charge in [-0.3, -0.25) is 5.84 Å². The summed E-state index contributed by atoms with van der Waals surface area (Å²) in [5, 5.41) is 0.773. The van der Waals surface area contributed by atoms with E-state index < -0.39 is 0 Å². The third kappa shape index (κ3) is 2.23. The molecule has 1 unspecified atom stereocenters. The molecule has 0 bridgehead atoms. The maximum absolute atomic E-state index is 13.2. The first kappa shape index (κ1) is 12.6. The molecule has 0 aliphatic heterocycles. The van der Waals surface area contributed by atoms with Crippen molar-refractivity contribution >= 4 is 11.0 Å². The molecule has 2 aromatic rings. The van der Waals surface area contributed by atoms with Crippen molar-refractivity contribution in [3.05, 3.63) is 35.3 Å². The summed E-state index contributed by atoms with van der Waals surface area (Å²) < 4.78 is 18.9. The lowest BCUT2D eigenvalue weighted by molar-refractivity contribution is 0.439. The molecule has 94 valence electrons. The molecule has 18 heavy (non-hydrogen) atoms. The lowest BCUT2D eigenvalue weighted by atomic mass is 10.1. The molecule has 3 N–H and O–H groups in total. The molecule has 2 rings (SSSR count). The predicted octanol–water partition coefficient (Wildman–Crippen LogP) is 2.80. The predicted molar refractivity (Wildman–Crippen MR) is 69.0 cm³/mol. The molecule has 1 heterocycles. The minimum atomic E-state index is -0.274. The Morgan fingerprint density at radius 2 is 2.28 bits per heavy atom. The number of halogens is 1. The van der Waals surface area contributed by atoms with Crippen LogP contribution in [0.1, 0.15) is 30.7 Å². The lowest BCUT2D eigenvalue weighted by Crippen LogP contribution is -2.27. The van der Waals surface area contributed by atoms with Crippen LogP contribution in [0.5, 0.6) is 0 Å². The van der Waals surface area contributed by atoms with Gasteiger partial charge in [-0.15, -0.1) is 11.8 Å². The fourth-order valence-corrected chi connectivity index (χ4v) is 1.98. The van der Waals surface area contributed by atoms with E-state index in [2.05, 4.69) is 17.3 Å². The maximum Gasteiger partial charge on any atom is 0.134 e. The van der Waals surface area contributed by atoms with Gasteiger partial charge in [0.1, 0.15) is 17.2 Å². The Morgan fingerprint density at radius 1 is 1.50 bits per heavy atom. The van der Waals surface area contributed by atoms with Crippen LogP contribution in [0.25, 0.3) is 11.0 Å². The molecule has 1 atom stereocenters. The maximum atomic E-state index is 13.2. The molecular weight excluding hydrogens is 231 g/mol. The molecule has 0 fully saturated rings. The van der Waals surface area contributed by atoms with Gasteiger partial charge in [-0.05, 0) is 32.0 Å². The van der Waals surface area contributed by atoms with E-state index in [4.69, 9.17) is 10.3 Å². The van der Waals surface area contributed by atoms with Crippen LogP contribution in [-0.2, 0) is 0 Å². The Hall–Kier alpha value is -1.83.